The molecule has 0 bridgehead atoms. The third-order valence-corrected chi connectivity index (χ3v) is 3.91. The highest BCUT2D eigenvalue weighted by molar-refractivity contribution is 5.79. The molecule has 1 aliphatic carbocycles. The lowest BCUT2D eigenvalue weighted by molar-refractivity contribution is -0.145. The second-order valence-electron chi connectivity index (χ2n) is 5.20. The van der Waals surface area contributed by atoms with Gasteiger partial charge in [-0.05, 0) is 22.3 Å². The van der Waals surface area contributed by atoms with Crippen LogP contribution in [0.15, 0.2) is 48.5 Å². The SMILES string of the molecule is NC[C@H](N)C(=O)OCC1c2ccccc2-c2ccccc21. The van der Waals surface area contributed by atoms with Crippen LogP contribution in [0.25, 0.3) is 11.1 Å². The number of hydrogen-bond acceptors (Lipinski definition) is 4. The summed E-state index contributed by atoms with van der Waals surface area (Å²) in [5.41, 5.74) is 15.8. The molecule has 0 fully saturated rings. The van der Waals surface area contributed by atoms with E-state index >= 15 is 0 Å². The molecule has 0 unspecified atom stereocenters. The quantitative estimate of drug-likeness (QED) is 0.835. The van der Waals surface area contributed by atoms with Crippen LogP contribution in [0.2, 0.25) is 0 Å². The number of fused-ring (bicyclic) bond motifs is 3. The predicted octanol–water partition coefficient (Wildman–Crippen LogP) is 1.63. The van der Waals surface area contributed by atoms with E-state index in [2.05, 4.69) is 24.3 Å². The average Bonchev–Trinajstić information content (AvgIpc) is 2.86. The topological polar surface area (TPSA) is 78.3 Å². The van der Waals surface area contributed by atoms with E-state index in [0.29, 0.717) is 6.61 Å². The summed E-state index contributed by atoms with van der Waals surface area (Å²) in [7, 11) is 0. The van der Waals surface area contributed by atoms with Crippen molar-refractivity contribution in [2.75, 3.05) is 13.2 Å². The molecule has 2 aromatic carbocycles. The molecule has 1 aliphatic rings. The summed E-state index contributed by atoms with van der Waals surface area (Å²) in [4.78, 5) is 11.7. The molecule has 0 saturated carbocycles. The Kier molecular flexibility index (Phi) is 3.73. The van der Waals surface area contributed by atoms with Crippen LogP contribution in [0, 0.1) is 0 Å². The molecule has 2 aromatic rings. The van der Waals surface area contributed by atoms with Crippen LogP contribution >= 0.6 is 0 Å². The van der Waals surface area contributed by atoms with E-state index < -0.39 is 12.0 Å². The molecule has 4 heteroatoms. The van der Waals surface area contributed by atoms with E-state index in [1.807, 2.05) is 24.3 Å². The van der Waals surface area contributed by atoms with Crippen molar-refractivity contribution < 1.29 is 9.53 Å². The van der Waals surface area contributed by atoms with Gasteiger partial charge in [0, 0.05) is 12.5 Å². The van der Waals surface area contributed by atoms with Crippen LogP contribution in [-0.4, -0.2) is 25.2 Å². The maximum absolute atomic E-state index is 11.7. The Morgan fingerprint density at radius 2 is 1.57 bits per heavy atom. The molecular weight excluding hydrogens is 264 g/mol. The second-order valence-corrected chi connectivity index (χ2v) is 5.20. The highest BCUT2D eigenvalue weighted by Crippen LogP contribution is 2.44. The molecule has 0 saturated heterocycles. The van der Waals surface area contributed by atoms with Crippen molar-refractivity contribution in [2.24, 2.45) is 11.5 Å². The van der Waals surface area contributed by atoms with Gasteiger partial charge in [0.15, 0.2) is 0 Å². The van der Waals surface area contributed by atoms with Gasteiger partial charge in [-0.2, -0.15) is 0 Å². The maximum atomic E-state index is 11.7. The standard InChI is InChI=1S/C17H18N2O2/c18-9-16(19)17(20)21-10-15-13-7-3-1-5-11(13)12-6-2-4-8-14(12)15/h1-8,15-16H,9-10,18-19H2/t16-/m0/s1. The van der Waals surface area contributed by atoms with Gasteiger partial charge in [-0.25, -0.2) is 0 Å². The Morgan fingerprint density at radius 1 is 1.05 bits per heavy atom. The second kappa shape index (κ2) is 5.68. The molecule has 0 aliphatic heterocycles. The third-order valence-electron chi connectivity index (χ3n) is 3.91. The maximum Gasteiger partial charge on any atom is 0.324 e. The molecule has 108 valence electrons. The van der Waals surface area contributed by atoms with Crippen LogP contribution in [0.5, 0.6) is 0 Å². The first-order chi connectivity index (χ1) is 10.2. The van der Waals surface area contributed by atoms with Gasteiger partial charge < -0.3 is 16.2 Å². The first-order valence-electron chi connectivity index (χ1n) is 7.03. The summed E-state index contributed by atoms with van der Waals surface area (Å²) >= 11 is 0. The summed E-state index contributed by atoms with van der Waals surface area (Å²) in [6, 6.07) is 15.7. The van der Waals surface area contributed by atoms with Gasteiger partial charge in [0.05, 0.1) is 0 Å². The molecule has 0 amide bonds. The van der Waals surface area contributed by atoms with Crippen molar-refractivity contribution >= 4 is 5.97 Å². The van der Waals surface area contributed by atoms with Gasteiger partial charge in [0.25, 0.3) is 0 Å². The van der Waals surface area contributed by atoms with E-state index in [-0.39, 0.29) is 12.5 Å². The van der Waals surface area contributed by atoms with Crippen LogP contribution < -0.4 is 11.5 Å². The zero-order chi connectivity index (χ0) is 14.8. The Morgan fingerprint density at radius 3 is 2.10 bits per heavy atom. The van der Waals surface area contributed by atoms with Gasteiger partial charge in [-0.15, -0.1) is 0 Å². The van der Waals surface area contributed by atoms with Gasteiger partial charge >= 0.3 is 5.97 Å². The van der Waals surface area contributed by atoms with Crippen LogP contribution in [0.3, 0.4) is 0 Å². The summed E-state index contributed by atoms with van der Waals surface area (Å²) in [5.74, 6) is -0.384. The number of carbonyl (C=O) groups is 1. The highest BCUT2D eigenvalue weighted by atomic mass is 16.5. The van der Waals surface area contributed by atoms with E-state index in [9.17, 15) is 4.79 Å². The lowest BCUT2D eigenvalue weighted by atomic mass is 9.98. The largest absolute Gasteiger partial charge is 0.463 e. The molecule has 4 nitrogen and oxygen atoms in total. The Balaban J connectivity index is 1.87. The van der Waals surface area contributed by atoms with Crippen LogP contribution in [-0.2, 0) is 9.53 Å². The zero-order valence-corrected chi connectivity index (χ0v) is 11.7. The minimum absolute atomic E-state index is 0.0614. The van der Waals surface area contributed by atoms with Crippen molar-refractivity contribution in [2.45, 2.75) is 12.0 Å². The predicted molar refractivity (Wildman–Crippen MR) is 81.7 cm³/mol. The monoisotopic (exact) mass is 282 g/mol. The number of rotatable bonds is 4. The van der Waals surface area contributed by atoms with Crippen LogP contribution in [0.1, 0.15) is 17.0 Å². The minimum atomic E-state index is -0.753. The molecule has 0 heterocycles. The molecular formula is C17H18N2O2. The normalized spacial score (nSPS) is 14.4. The van der Waals surface area contributed by atoms with E-state index in [4.69, 9.17) is 16.2 Å². The van der Waals surface area contributed by atoms with Gasteiger partial charge in [0.1, 0.15) is 12.6 Å². The number of hydrogen-bond donors (Lipinski definition) is 2. The first kappa shape index (κ1) is 13.8. The van der Waals surface area contributed by atoms with E-state index in [1.54, 1.807) is 0 Å². The Bertz CT molecular complexity index is 624. The van der Waals surface area contributed by atoms with Crippen molar-refractivity contribution in [3.8, 4) is 11.1 Å². The summed E-state index contributed by atoms with van der Waals surface area (Å²) in [6.45, 7) is 0.386. The minimum Gasteiger partial charge on any atom is -0.463 e. The van der Waals surface area contributed by atoms with E-state index in [0.717, 1.165) is 0 Å². The lowest BCUT2D eigenvalue weighted by Crippen LogP contribution is -2.39. The summed E-state index contributed by atoms with van der Waals surface area (Å²) in [5, 5.41) is 0. The van der Waals surface area contributed by atoms with Crippen molar-refractivity contribution in [1.82, 2.24) is 0 Å². The first-order valence-corrected chi connectivity index (χ1v) is 7.03. The van der Waals surface area contributed by atoms with Crippen LogP contribution in [0.4, 0.5) is 0 Å². The van der Waals surface area contributed by atoms with Gasteiger partial charge in [-0.1, -0.05) is 48.5 Å². The fraction of sp³-hybridized carbons (Fsp3) is 0.235. The molecule has 0 radical (unpaired) electrons. The summed E-state index contributed by atoms with van der Waals surface area (Å²) < 4.78 is 5.35. The molecule has 0 spiro atoms. The third kappa shape index (κ3) is 2.44. The molecule has 21 heavy (non-hydrogen) atoms. The van der Waals surface area contributed by atoms with Gasteiger partial charge in [-0.3, -0.25) is 4.79 Å². The van der Waals surface area contributed by atoms with Crippen molar-refractivity contribution in [1.29, 1.82) is 0 Å². The fourth-order valence-corrected chi connectivity index (χ4v) is 2.81. The average molecular weight is 282 g/mol. The molecule has 4 N–H and O–H groups in total. The fourth-order valence-electron chi connectivity index (χ4n) is 2.81. The van der Waals surface area contributed by atoms with Crippen molar-refractivity contribution in [3.05, 3.63) is 59.7 Å². The number of esters is 1. The number of carbonyl (C=O) groups excluding carboxylic acids is 1. The van der Waals surface area contributed by atoms with Crippen molar-refractivity contribution in [3.63, 3.8) is 0 Å². The zero-order valence-electron chi connectivity index (χ0n) is 11.7. The van der Waals surface area contributed by atoms with Gasteiger partial charge in [0.2, 0.25) is 0 Å². The molecule has 0 aromatic heterocycles. The smallest absolute Gasteiger partial charge is 0.324 e. The Labute approximate surface area is 123 Å². The van der Waals surface area contributed by atoms with E-state index in [1.165, 1.54) is 22.3 Å². The highest BCUT2D eigenvalue weighted by Gasteiger charge is 2.29. The number of nitrogens with two attached hydrogens (primary N) is 2. The lowest BCUT2D eigenvalue weighted by Gasteiger charge is -2.15. The molecule has 3 rings (SSSR count). The number of ether oxygens (including phenoxy) is 1. The number of benzene rings is 2. The molecule has 1 atom stereocenters. The Hall–Kier alpha value is -2.17. The summed E-state index contributed by atoms with van der Waals surface area (Å²) in [6.07, 6.45) is 0.